The van der Waals surface area contributed by atoms with Crippen LogP contribution in [0.25, 0.3) is 0 Å². The maximum atomic E-state index is 13.6. The Bertz CT molecular complexity index is 660. The summed E-state index contributed by atoms with van der Waals surface area (Å²) in [6, 6.07) is 7.05. The molecule has 0 saturated heterocycles. The van der Waals surface area contributed by atoms with Crippen LogP contribution in [0.4, 0.5) is 24.5 Å². The largest absolute Gasteiger partial charge is 0.379 e. The quantitative estimate of drug-likeness (QED) is 0.806. The molecule has 1 N–H and O–H groups in total. The first-order chi connectivity index (χ1) is 9.88. The lowest BCUT2D eigenvalue weighted by Crippen LogP contribution is -2.12. The second-order valence-corrected chi connectivity index (χ2v) is 5.68. The van der Waals surface area contributed by atoms with E-state index in [9.17, 15) is 13.2 Å². The highest BCUT2D eigenvalue weighted by atomic mass is 79.9. The smallest absolute Gasteiger partial charge is 0.161 e. The third-order valence-corrected chi connectivity index (χ3v) is 3.49. The highest BCUT2D eigenvalue weighted by molar-refractivity contribution is 9.10. The molecule has 0 unspecified atom stereocenters. The lowest BCUT2D eigenvalue weighted by Gasteiger charge is -2.19. The molecule has 0 aliphatic heterocycles. The van der Waals surface area contributed by atoms with Gasteiger partial charge < -0.3 is 10.2 Å². The molecule has 2 aromatic carbocycles. The molecule has 0 heterocycles. The van der Waals surface area contributed by atoms with Gasteiger partial charge in [-0.3, -0.25) is 0 Å². The molecule has 0 amide bonds. The van der Waals surface area contributed by atoms with Gasteiger partial charge in [-0.2, -0.15) is 0 Å². The number of nitrogens with zero attached hydrogens (tertiary/aromatic N) is 1. The predicted molar refractivity (Wildman–Crippen MR) is 82.1 cm³/mol. The molecule has 2 rings (SSSR count). The van der Waals surface area contributed by atoms with Crippen molar-refractivity contribution in [2.24, 2.45) is 0 Å². The topological polar surface area (TPSA) is 15.3 Å². The van der Waals surface area contributed by atoms with Gasteiger partial charge >= 0.3 is 0 Å². The van der Waals surface area contributed by atoms with E-state index in [4.69, 9.17) is 0 Å². The van der Waals surface area contributed by atoms with Gasteiger partial charge in [0, 0.05) is 36.7 Å². The van der Waals surface area contributed by atoms with Crippen LogP contribution in [0.3, 0.4) is 0 Å². The minimum atomic E-state index is -1.19. The van der Waals surface area contributed by atoms with Crippen LogP contribution < -0.4 is 10.2 Å². The lowest BCUT2D eigenvalue weighted by molar-refractivity contribution is 0.490. The van der Waals surface area contributed by atoms with Crippen molar-refractivity contribution in [3.05, 3.63) is 57.8 Å². The monoisotopic (exact) mass is 358 g/mol. The van der Waals surface area contributed by atoms with Crippen molar-refractivity contribution in [2.75, 3.05) is 24.3 Å². The summed E-state index contributed by atoms with van der Waals surface area (Å²) < 4.78 is 40.5. The van der Waals surface area contributed by atoms with Crippen LogP contribution >= 0.6 is 15.9 Å². The van der Waals surface area contributed by atoms with E-state index in [-0.39, 0.29) is 12.1 Å². The van der Waals surface area contributed by atoms with Crippen LogP contribution in [0.15, 0.2) is 34.8 Å². The first-order valence-electron chi connectivity index (χ1n) is 6.22. The SMILES string of the molecule is CN(C)c1ccc(Br)cc1NCc1cc(F)c(F)cc1F. The van der Waals surface area contributed by atoms with Crippen molar-refractivity contribution in [3.63, 3.8) is 0 Å². The minimum absolute atomic E-state index is 0.0559. The van der Waals surface area contributed by atoms with Gasteiger partial charge in [0.05, 0.1) is 11.4 Å². The molecule has 0 bridgehead atoms. The molecule has 21 heavy (non-hydrogen) atoms. The fourth-order valence-corrected chi connectivity index (χ4v) is 2.29. The van der Waals surface area contributed by atoms with Gasteiger partial charge in [-0.15, -0.1) is 0 Å². The fourth-order valence-electron chi connectivity index (χ4n) is 1.93. The Labute approximate surface area is 129 Å². The molecular formula is C15H14BrF3N2. The summed E-state index contributed by atoms with van der Waals surface area (Å²) in [5.74, 6) is -3.02. The first kappa shape index (κ1) is 15.7. The van der Waals surface area contributed by atoms with Crippen LogP contribution in [-0.2, 0) is 6.54 Å². The Morgan fingerprint density at radius 3 is 2.33 bits per heavy atom. The Balaban J connectivity index is 2.24. The third-order valence-electron chi connectivity index (χ3n) is 3.00. The number of hydrogen-bond donors (Lipinski definition) is 1. The van der Waals surface area contributed by atoms with E-state index in [0.29, 0.717) is 6.07 Å². The van der Waals surface area contributed by atoms with Crippen LogP contribution in [0, 0.1) is 17.5 Å². The van der Waals surface area contributed by atoms with E-state index < -0.39 is 17.5 Å². The molecule has 6 heteroatoms. The van der Waals surface area contributed by atoms with E-state index in [1.54, 1.807) is 0 Å². The summed E-state index contributed by atoms with van der Waals surface area (Å²) in [5.41, 5.74) is 1.73. The predicted octanol–water partition coefficient (Wildman–Crippen LogP) is 4.54. The van der Waals surface area contributed by atoms with E-state index in [2.05, 4.69) is 21.2 Å². The van der Waals surface area contributed by atoms with Crippen molar-refractivity contribution in [3.8, 4) is 0 Å². The third kappa shape index (κ3) is 3.69. The molecular weight excluding hydrogens is 345 g/mol. The van der Waals surface area contributed by atoms with Gasteiger partial charge in [0.15, 0.2) is 11.6 Å². The summed E-state index contributed by atoms with van der Waals surface area (Å²) >= 11 is 3.37. The van der Waals surface area contributed by atoms with Gasteiger partial charge in [-0.1, -0.05) is 15.9 Å². The maximum absolute atomic E-state index is 13.6. The molecule has 0 spiro atoms. The molecule has 0 aromatic heterocycles. The molecule has 112 valence electrons. The first-order valence-corrected chi connectivity index (χ1v) is 7.02. The molecule has 0 saturated carbocycles. The second kappa shape index (κ2) is 6.39. The summed E-state index contributed by atoms with van der Waals surface area (Å²) in [4.78, 5) is 1.90. The van der Waals surface area contributed by atoms with Crippen molar-refractivity contribution in [2.45, 2.75) is 6.54 Å². The van der Waals surface area contributed by atoms with E-state index in [1.165, 1.54) is 0 Å². The van der Waals surface area contributed by atoms with Crippen LogP contribution in [-0.4, -0.2) is 14.1 Å². The van der Waals surface area contributed by atoms with Crippen LogP contribution in [0.5, 0.6) is 0 Å². The Kier molecular flexibility index (Phi) is 4.77. The summed E-state index contributed by atoms with van der Waals surface area (Å²) in [5, 5.41) is 3.04. The van der Waals surface area contributed by atoms with Gasteiger partial charge in [0.1, 0.15) is 5.82 Å². The Morgan fingerprint density at radius 2 is 1.67 bits per heavy atom. The van der Waals surface area contributed by atoms with E-state index in [0.717, 1.165) is 21.9 Å². The molecule has 0 fully saturated rings. The number of anilines is 2. The number of rotatable bonds is 4. The van der Waals surface area contributed by atoms with E-state index >= 15 is 0 Å². The Morgan fingerprint density at radius 1 is 1.00 bits per heavy atom. The van der Waals surface area contributed by atoms with Crippen molar-refractivity contribution >= 4 is 27.3 Å². The van der Waals surface area contributed by atoms with Crippen molar-refractivity contribution in [1.82, 2.24) is 0 Å². The number of halogens is 4. The van der Waals surface area contributed by atoms with E-state index in [1.807, 2.05) is 37.2 Å². The molecule has 2 nitrogen and oxygen atoms in total. The molecule has 0 radical (unpaired) electrons. The highest BCUT2D eigenvalue weighted by Gasteiger charge is 2.11. The summed E-state index contributed by atoms with van der Waals surface area (Å²) in [6.45, 7) is 0.0559. The van der Waals surface area contributed by atoms with Gasteiger partial charge in [0.2, 0.25) is 0 Å². The van der Waals surface area contributed by atoms with Crippen molar-refractivity contribution < 1.29 is 13.2 Å². The maximum Gasteiger partial charge on any atom is 0.161 e. The molecule has 0 aliphatic rings. The van der Waals surface area contributed by atoms with Crippen LogP contribution in [0.1, 0.15) is 5.56 Å². The molecule has 0 atom stereocenters. The minimum Gasteiger partial charge on any atom is -0.379 e. The zero-order chi connectivity index (χ0) is 15.6. The van der Waals surface area contributed by atoms with Gasteiger partial charge in [-0.05, 0) is 24.3 Å². The van der Waals surface area contributed by atoms with Gasteiger partial charge in [-0.25, -0.2) is 13.2 Å². The van der Waals surface area contributed by atoms with Crippen LogP contribution in [0.2, 0.25) is 0 Å². The van der Waals surface area contributed by atoms with Crippen molar-refractivity contribution in [1.29, 1.82) is 0 Å². The Hall–Kier alpha value is -1.69. The van der Waals surface area contributed by atoms with Gasteiger partial charge in [0.25, 0.3) is 0 Å². The zero-order valence-electron chi connectivity index (χ0n) is 11.6. The number of nitrogens with one attached hydrogen (secondary N) is 1. The average molecular weight is 359 g/mol. The second-order valence-electron chi connectivity index (χ2n) is 4.77. The highest BCUT2D eigenvalue weighted by Crippen LogP contribution is 2.28. The summed E-state index contributed by atoms with van der Waals surface area (Å²) in [6.07, 6.45) is 0. The average Bonchev–Trinajstić information content (AvgIpc) is 2.41. The number of hydrogen-bond acceptors (Lipinski definition) is 2. The standard InChI is InChI=1S/C15H14BrF3N2/c1-21(2)15-4-3-10(16)6-14(15)20-8-9-5-12(18)13(19)7-11(9)17/h3-7,20H,8H2,1-2H3. The summed E-state index contributed by atoms with van der Waals surface area (Å²) in [7, 11) is 3.76. The number of benzene rings is 2. The molecule has 2 aromatic rings. The lowest BCUT2D eigenvalue weighted by atomic mass is 10.2. The normalized spacial score (nSPS) is 10.6. The zero-order valence-corrected chi connectivity index (χ0v) is 13.1. The fraction of sp³-hybridized carbons (Fsp3) is 0.200. The molecule has 0 aliphatic carbocycles.